The summed E-state index contributed by atoms with van der Waals surface area (Å²) in [6.07, 6.45) is 0. The van der Waals surface area contributed by atoms with Crippen molar-refractivity contribution >= 4 is 53.2 Å². The Kier molecular flexibility index (Phi) is 5.86. The van der Waals surface area contributed by atoms with Gasteiger partial charge in [0, 0.05) is 32.3 Å². The van der Waals surface area contributed by atoms with Crippen molar-refractivity contribution in [3.8, 4) is 45.3 Å². The third-order valence-electron chi connectivity index (χ3n) is 11.3. The van der Waals surface area contributed by atoms with Gasteiger partial charge in [-0.05, 0) is 68.1 Å². The molecule has 8 aromatic carbocycles. The van der Waals surface area contributed by atoms with Gasteiger partial charge in [-0.15, -0.1) is 11.3 Å². The number of ether oxygens (including phenoxy) is 1. The molecule has 53 heavy (non-hydrogen) atoms. The summed E-state index contributed by atoms with van der Waals surface area (Å²) in [7, 11) is 0. The van der Waals surface area contributed by atoms with Crippen molar-refractivity contribution < 1.29 is 4.74 Å². The van der Waals surface area contributed by atoms with E-state index in [0.29, 0.717) is 5.82 Å². The first-order valence-electron chi connectivity index (χ1n) is 18.0. The maximum Gasteiger partial charge on any atom is 0.160 e. The van der Waals surface area contributed by atoms with Crippen LogP contribution in [-0.2, 0) is 5.41 Å². The van der Waals surface area contributed by atoms with Crippen molar-refractivity contribution in [1.82, 2.24) is 9.97 Å². The van der Waals surface area contributed by atoms with Crippen LogP contribution in [0.4, 0.5) is 0 Å². The molecule has 1 atom stereocenters. The second-order valence-electron chi connectivity index (χ2n) is 14.0. The molecule has 0 amide bonds. The van der Waals surface area contributed by atoms with Crippen LogP contribution in [0.5, 0.6) is 11.5 Å². The van der Waals surface area contributed by atoms with Gasteiger partial charge in [0.25, 0.3) is 0 Å². The van der Waals surface area contributed by atoms with E-state index in [4.69, 9.17) is 14.7 Å². The molecule has 0 N–H and O–H groups in total. The molecular weight excluding hydrogens is 665 g/mol. The molecule has 12 rings (SSSR count). The van der Waals surface area contributed by atoms with E-state index in [-0.39, 0.29) is 0 Å². The van der Waals surface area contributed by atoms with Gasteiger partial charge >= 0.3 is 0 Å². The molecule has 1 aliphatic carbocycles. The number of nitrogens with zero attached hydrogens (tertiary/aromatic N) is 2. The molecule has 2 aliphatic rings. The smallest absolute Gasteiger partial charge is 0.160 e. The zero-order valence-electron chi connectivity index (χ0n) is 28.4. The van der Waals surface area contributed by atoms with Crippen LogP contribution < -0.4 is 4.74 Å². The van der Waals surface area contributed by atoms with E-state index >= 15 is 0 Å². The molecule has 1 spiro atoms. The van der Waals surface area contributed by atoms with Crippen molar-refractivity contribution in [2.45, 2.75) is 5.41 Å². The van der Waals surface area contributed by atoms with Gasteiger partial charge in [-0.25, -0.2) is 9.97 Å². The largest absolute Gasteiger partial charge is 0.457 e. The molecule has 0 bridgehead atoms. The maximum absolute atomic E-state index is 6.94. The zero-order chi connectivity index (χ0) is 34.7. The highest BCUT2D eigenvalue weighted by Crippen LogP contribution is 2.63. The summed E-state index contributed by atoms with van der Waals surface area (Å²) in [4.78, 5) is 10.6. The summed E-state index contributed by atoms with van der Waals surface area (Å²) in [5, 5.41) is 6.02. The van der Waals surface area contributed by atoms with Crippen LogP contribution in [-0.4, -0.2) is 9.97 Å². The number of benzene rings is 8. The first-order valence-corrected chi connectivity index (χ1v) is 18.8. The van der Waals surface area contributed by atoms with E-state index < -0.39 is 5.41 Å². The summed E-state index contributed by atoms with van der Waals surface area (Å²) < 4.78 is 9.21. The summed E-state index contributed by atoms with van der Waals surface area (Å²) in [6.45, 7) is 0. The molecule has 1 aliphatic heterocycles. The van der Waals surface area contributed by atoms with Crippen LogP contribution in [0, 0.1) is 0 Å². The number of aromatic nitrogens is 2. The monoisotopic (exact) mass is 692 g/mol. The van der Waals surface area contributed by atoms with Crippen molar-refractivity contribution in [3.63, 3.8) is 0 Å². The Morgan fingerprint density at radius 2 is 1.15 bits per heavy atom. The molecule has 246 valence electrons. The minimum atomic E-state index is -0.548. The maximum atomic E-state index is 6.94. The molecule has 0 saturated carbocycles. The van der Waals surface area contributed by atoms with Crippen molar-refractivity contribution in [1.29, 1.82) is 0 Å². The Labute approximate surface area is 309 Å². The minimum absolute atomic E-state index is 0.548. The number of fused-ring (bicyclic) bond motifs is 15. The predicted octanol–water partition coefficient (Wildman–Crippen LogP) is 13.0. The van der Waals surface area contributed by atoms with Crippen LogP contribution in [0.1, 0.15) is 22.3 Å². The van der Waals surface area contributed by atoms with E-state index in [1.807, 2.05) is 0 Å². The molecule has 3 nitrogen and oxygen atoms in total. The molecule has 0 radical (unpaired) electrons. The van der Waals surface area contributed by atoms with Gasteiger partial charge < -0.3 is 4.74 Å². The Balaban J connectivity index is 1.13. The van der Waals surface area contributed by atoms with Crippen LogP contribution in [0.25, 0.3) is 75.6 Å². The number of hydrogen-bond acceptors (Lipinski definition) is 4. The number of hydrogen-bond donors (Lipinski definition) is 0. The highest BCUT2D eigenvalue weighted by Gasteiger charge is 2.51. The van der Waals surface area contributed by atoms with E-state index in [2.05, 4.69) is 170 Å². The number of thiophene rings is 1. The molecule has 4 heteroatoms. The lowest BCUT2D eigenvalue weighted by molar-refractivity contribution is 0.436. The van der Waals surface area contributed by atoms with Gasteiger partial charge in [-0.1, -0.05) is 146 Å². The van der Waals surface area contributed by atoms with E-state index in [9.17, 15) is 0 Å². The Bertz CT molecular complexity index is 3180. The van der Waals surface area contributed by atoms with Gasteiger partial charge in [-0.2, -0.15) is 0 Å². The van der Waals surface area contributed by atoms with Gasteiger partial charge in [0.1, 0.15) is 11.5 Å². The summed E-state index contributed by atoms with van der Waals surface area (Å²) >= 11 is 1.75. The third-order valence-corrected chi connectivity index (χ3v) is 12.5. The Morgan fingerprint density at radius 1 is 0.472 bits per heavy atom. The van der Waals surface area contributed by atoms with Crippen LogP contribution >= 0.6 is 11.3 Å². The average Bonchev–Trinajstić information content (AvgIpc) is 3.74. The fourth-order valence-electron chi connectivity index (χ4n) is 9.06. The van der Waals surface area contributed by atoms with Crippen LogP contribution in [0.3, 0.4) is 0 Å². The third kappa shape index (κ3) is 3.93. The van der Waals surface area contributed by atoms with Gasteiger partial charge in [0.15, 0.2) is 5.82 Å². The first-order chi connectivity index (χ1) is 26.3. The number of rotatable bonds is 2. The zero-order valence-corrected chi connectivity index (χ0v) is 29.2. The lowest BCUT2D eigenvalue weighted by Gasteiger charge is -2.39. The van der Waals surface area contributed by atoms with Crippen LogP contribution in [0.2, 0.25) is 0 Å². The van der Waals surface area contributed by atoms with Crippen molar-refractivity contribution in [3.05, 3.63) is 192 Å². The molecular formula is C49H28N2OS. The quantitative estimate of drug-likeness (QED) is 0.181. The topological polar surface area (TPSA) is 35.0 Å². The fraction of sp³-hybridized carbons (Fsp3) is 0.0204. The second-order valence-corrected chi connectivity index (χ2v) is 15.1. The van der Waals surface area contributed by atoms with E-state index in [1.165, 1.54) is 48.5 Å². The Morgan fingerprint density at radius 3 is 2.08 bits per heavy atom. The molecule has 1 unspecified atom stereocenters. The summed E-state index contributed by atoms with van der Waals surface area (Å²) in [5.41, 5.74) is 10.8. The normalized spacial score (nSPS) is 15.4. The van der Waals surface area contributed by atoms with E-state index in [0.717, 1.165) is 55.0 Å². The predicted molar refractivity (Wildman–Crippen MR) is 218 cm³/mol. The molecule has 10 aromatic rings. The molecule has 2 aromatic heterocycles. The lowest BCUT2D eigenvalue weighted by Crippen LogP contribution is -2.32. The average molecular weight is 693 g/mol. The SMILES string of the molecule is c1ccc2c(c1)Oc1cc(-c3nc(-c4ccc5ccccc5c4)nc4c3sc3ccccc34)ccc1C21c2ccccc2-c2c1ccc1ccccc21. The minimum Gasteiger partial charge on any atom is -0.457 e. The first kappa shape index (κ1) is 29.0. The number of para-hydroxylation sites is 1. The molecule has 0 fully saturated rings. The summed E-state index contributed by atoms with van der Waals surface area (Å²) in [6, 6.07) is 61.1. The summed E-state index contributed by atoms with van der Waals surface area (Å²) in [5.74, 6) is 2.43. The van der Waals surface area contributed by atoms with Gasteiger partial charge in [-0.3, -0.25) is 0 Å². The van der Waals surface area contributed by atoms with Crippen molar-refractivity contribution in [2.24, 2.45) is 0 Å². The fourth-order valence-corrected chi connectivity index (χ4v) is 10.2. The van der Waals surface area contributed by atoms with Gasteiger partial charge in [0.2, 0.25) is 0 Å². The second kappa shape index (κ2) is 10.7. The highest BCUT2D eigenvalue weighted by molar-refractivity contribution is 7.26. The van der Waals surface area contributed by atoms with E-state index in [1.54, 1.807) is 11.3 Å². The molecule has 3 heterocycles. The van der Waals surface area contributed by atoms with Crippen molar-refractivity contribution in [2.75, 3.05) is 0 Å². The van der Waals surface area contributed by atoms with Gasteiger partial charge in [0.05, 0.1) is 21.3 Å². The highest BCUT2D eigenvalue weighted by atomic mass is 32.1. The lowest BCUT2D eigenvalue weighted by atomic mass is 9.66. The van der Waals surface area contributed by atoms with Crippen LogP contribution in [0.15, 0.2) is 170 Å². The Hall–Kier alpha value is -6.62. The standard InChI is InChI=1S/C49H28N2OS/c1-2-13-31-27-33(22-21-29(31)11-1)48-50-45(47-46(51-48)36-16-6-10-20-43(36)53-47)32-24-25-39-42(28-32)52-41-19-9-8-18-38(41)49(39)37-17-7-5-15-35(37)44-34-14-4-3-12-30(34)23-26-40(44)49/h1-28H. The molecule has 0 saturated heterocycles.